The van der Waals surface area contributed by atoms with Crippen LogP contribution in [0.4, 0.5) is 5.95 Å². The van der Waals surface area contributed by atoms with E-state index in [2.05, 4.69) is 37.9 Å². The van der Waals surface area contributed by atoms with Crippen molar-refractivity contribution in [2.75, 3.05) is 18.4 Å². The summed E-state index contributed by atoms with van der Waals surface area (Å²) in [5.74, 6) is 0.641. The highest BCUT2D eigenvalue weighted by Gasteiger charge is 1.91. The molecular formula is C8H11IN4. The number of nitrogens with zero attached hydrogens (tertiary/aromatic N) is 2. The smallest absolute Gasteiger partial charge is 0.222 e. The van der Waals surface area contributed by atoms with Crippen LogP contribution in [0.2, 0.25) is 0 Å². The van der Waals surface area contributed by atoms with Crippen molar-refractivity contribution in [1.82, 2.24) is 9.97 Å². The van der Waals surface area contributed by atoms with Gasteiger partial charge in [-0.25, -0.2) is 9.97 Å². The Labute approximate surface area is 90.8 Å². The van der Waals surface area contributed by atoms with Gasteiger partial charge in [-0.1, -0.05) is 12.2 Å². The molecule has 1 aromatic heterocycles. The Kier molecular flexibility index (Phi) is 4.69. The standard InChI is InChI=1S/C8H11IN4/c9-7-5-12-8(13-6-7)11-4-2-1-3-10/h1-2,5-6H,3-4,10H2,(H,11,12,13)/b2-1+. The van der Waals surface area contributed by atoms with E-state index in [0.29, 0.717) is 19.0 Å². The quantitative estimate of drug-likeness (QED) is 0.641. The van der Waals surface area contributed by atoms with Gasteiger partial charge in [-0.05, 0) is 22.6 Å². The largest absolute Gasteiger partial charge is 0.351 e. The first-order valence-corrected chi connectivity index (χ1v) is 4.97. The van der Waals surface area contributed by atoms with E-state index in [-0.39, 0.29) is 0 Å². The molecule has 0 aliphatic rings. The molecule has 0 aromatic carbocycles. The van der Waals surface area contributed by atoms with Crippen molar-refractivity contribution in [2.45, 2.75) is 0 Å². The predicted octanol–water partition coefficient (Wildman–Crippen LogP) is 1.01. The zero-order chi connectivity index (χ0) is 9.52. The molecule has 0 radical (unpaired) electrons. The Morgan fingerprint density at radius 1 is 1.38 bits per heavy atom. The predicted molar refractivity (Wildman–Crippen MR) is 61.4 cm³/mol. The summed E-state index contributed by atoms with van der Waals surface area (Å²) in [7, 11) is 0. The van der Waals surface area contributed by atoms with E-state index in [1.54, 1.807) is 12.4 Å². The number of anilines is 1. The van der Waals surface area contributed by atoms with Gasteiger partial charge in [0.1, 0.15) is 0 Å². The number of nitrogens with one attached hydrogen (secondary N) is 1. The number of rotatable bonds is 4. The van der Waals surface area contributed by atoms with Crippen molar-refractivity contribution in [3.05, 3.63) is 28.1 Å². The van der Waals surface area contributed by atoms with Gasteiger partial charge in [0.05, 0.1) is 0 Å². The molecule has 0 saturated heterocycles. The highest BCUT2D eigenvalue weighted by Crippen LogP contribution is 2.01. The monoisotopic (exact) mass is 290 g/mol. The molecule has 3 N–H and O–H groups in total. The maximum atomic E-state index is 5.28. The number of aromatic nitrogens is 2. The van der Waals surface area contributed by atoms with Crippen molar-refractivity contribution in [2.24, 2.45) is 5.73 Å². The maximum absolute atomic E-state index is 5.28. The summed E-state index contributed by atoms with van der Waals surface area (Å²) in [6, 6.07) is 0. The van der Waals surface area contributed by atoms with Crippen LogP contribution < -0.4 is 11.1 Å². The summed E-state index contributed by atoms with van der Waals surface area (Å²) >= 11 is 2.16. The van der Waals surface area contributed by atoms with Gasteiger partial charge in [-0.3, -0.25) is 0 Å². The molecule has 0 unspecified atom stereocenters. The highest BCUT2D eigenvalue weighted by atomic mass is 127. The summed E-state index contributed by atoms with van der Waals surface area (Å²) in [5.41, 5.74) is 5.28. The first-order chi connectivity index (χ1) is 6.33. The molecule has 4 nitrogen and oxygen atoms in total. The van der Waals surface area contributed by atoms with E-state index in [0.717, 1.165) is 3.57 Å². The summed E-state index contributed by atoms with van der Waals surface area (Å²) in [6.07, 6.45) is 7.37. The zero-order valence-corrected chi connectivity index (χ0v) is 9.23. The van der Waals surface area contributed by atoms with Gasteiger partial charge < -0.3 is 11.1 Å². The molecule has 5 heteroatoms. The van der Waals surface area contributed by atoms with E-state index in [1.807, 2.05) is 12.2 Å². The Hall–Kier alpha value is -0.690. The fourth-order valence-corrected chi connectivity index (χ4v) is 1.01. The third-order valence-electron chi connectivity index (χ3n) is 1.30. The first-order valence-electron chi connectivity index (χ1n) is 3.89. The van der Waals surface area contributed by atoms with E-state index >= 15 is 0 Å². The van der Waals surface area contributed by atoms with E-state index in [1.165, 1.54) is 0 Å². The average Bonchev–Trinajstić information content (AvgIpc) is 2.15. The molecule has 0 bridgehead atoms. The fourth-order valence-electron chi connectivity index (χ4n) is 0.733. The van der Waals surface area contributed by atoms with Gasteiger partial charge >= 0.3 is 0 Å². The number of halogens is 1. The Bertz CT molecular complexity index is 270. The van der Waals surface area contributed by atoms with Crippen molar-refractivity contribution in [3.8, 4) is 0 Å². The van der Waals surface area contributed by atoms with E-state index in [4.69, 9.17) is 5.73 Å². The third kappa shape index (κ3) is 4.18. The lowest BCUT2D eigenvalue weighted by Crippen LogP contribution is -2.03. The molecular weight excluding hydrogens is 279 g/mol. The van der Waals surface area contributed by atoms with E-state index < -0.39 is 0 Å². The van der Waals surface area contributed by atoms with Gasteiger partial charge in [0.2, 0.25) is 5.95 Å². The number of hydrogen-bond acceptors (Lipinski definition) is 4. The average molecular weight is 290 g/mol. The van der Waals surface area contributed by atoms with Gasteiger partial charge in [-0.15, -0.1) is 0 Å². The third-order valence-corrected chi connectivity index (χ3v) is 1.86. The summed E-state index contributed by atoms with van der Waals surface area (Å²) in [5, 5.41) is 3.04. The molecule has 0 aliphatic heterocycles. The molecule has 0 atom stereocenters. The summed E-state index contributed by atoms with van der Waals surface area (Å²) < 4.78 is 1.03. The molecule has 1 heterocycles. The van der Waals surface area contributed by atoms with Crippen molar-refractivity contribution >= 4 is 28.5 Å². The second kappa shape index (κ2) is 5.87. The summed E-state index contributed by atoms with van der Waals surface area (Å²) in [4.78, 5) is 8.16. The zero-order valence-electron chi connectivity index (χ0n) is 7.07. The molecule has 1 aromatic rings. The SMILES string of the molecule is NC/C=C/CNc1ncc(I)cn1. The van der Waals surface area contributed by atoms with Gasteiger partial charge in [0, 0.05) is 29.1 Å². The Morgan fingerprint density at radius 2 is 2.08 bits per heavy atom. The lowest BCUT2D eigenvalue weighted by Gasteiger charge is -1.99. The molecule has 0 aliphatic carbocycles. The molecule has 0 saturated carbocycles. The van der Waals surface area contributed by atoms with Crippen molar-refractivity contribution in [3.63, 3.8) is 0 Å². The van der Waals surface area contributed by atoms with Crippen LogP contribution in [0.3, 0.4) is 0 Å². The van der Waals surface area contributed by atoms with Crippen LogP contribution in [0.25, 0.3) is 0 Å². The van der Waals surface area contributed by atoms with Crippen LogP contribution in [0.1, 0.15) is 0 Å². The topological polar surface area (TPSA) is 63.8 Å². The lowest BCUT2D eigenvalue weighted by molar-refractivity contribution is 1.10. The van der Waals surface area contributed by atoms with Gasteiger partial charge in [0.25, 0.3) is 0 Å². The highest BCUT2D eigenvalue weighted by molar-refractivity contribution is 14.1. The van der Waals surface area contributed by atoms with Crippen LogP contribution in [0, 0.1) is 3.57 Å². The number of nitrogens with two attached hydrogens (primary N) is 1. The maximum Gasteiger partial charge on any atom is 0.222 e. The minimum atomic E-state index is 0.565. The minimum absolute atomic E-state index is 0.565. The van der Waals surface area contributed by atoms with Gasteiger partial charge in [0.15, 0.2) is 0 Å². The van der Waals surface area contributed by atoms with Crippen LogP contribution in [0.5, 0.6) is 0 Å². The Balaban J connectivity index is 2.37. The Morgan fingerprint density at radius 3 is 2.69 bits per heavy atom. The van der Waals surface area contributed by atoms with Gasteiger partial charge in [-0.2, -0.15) is 0 Å². The van der Waals surface area contributed by atoms with Crippen LogP contribution >= 0.6 is 22.6 Å². The summed E-state index contributed by atoms with van der Waals surface area (Å²) in [6.45, 7) is 1.27. The van der Waals surface area contributed by atoms with Crippen LogP contribution in [-0.4, -0.2) is 23.1 Å². The second-order valence-electron chi connectivity index (χ2n) is 2.31. The van der Waals surface area contributed by atoms with Crippen LogP contribution in [-0.2, 0) is 0 Å². The van der Waals surface area contributed by atoms with Crippen molar-refractivity contribution < 1.29 is 0 Å². The molecule has 0 spiro atoms. The molecule has 0 amide bonds. The lowest BCUT2D eigenvalue weighted by atomic mass is 10.5. The second-order valence-corrected chi connectivity index (χ2v) is 3.56. The van der Waals surface area contributed by atoms with Crippen LogP contribution in [0.15, 0.2) is 24.5 Å². The minimum Gasteiger partial charge on any atom is -0.351 e. The van der Waals surface area contributed by atoms with Crippen molar-refractivity contribution in [1.29, 1.82) is 0 Å². The first kappa shape index (κ1) is 10.4. The number of hydrogen-bond donors (Lipinski definition) is 2. The molecule has 13 heavy (non-hydrogen) atoms. The normalized spacial score (nSPS) is 10.6. The molecule has 70 valence electrons. The molecule has 1 rings (SSSR count). The molecule has 0 fully saturated rings. The van der Waals surface area contributed by atoms with E-state index in [9.17, 15) is 0 Å². The fraction of sp³-hybridized carbons (Fsp3) is 0.250.